The van der Waals surface area contributed by atoms with E-state index in [2.05, 4.69) is 30.0 Å². The van der Waals surface area contributed by atoms with E-state index in [1.54, 1.807) is 7.05 Å². The average Bonchev–Trinajstić information content (AvgIpc) is 2.54. The van der Waals surface area contributed by atoms with Crippen LogP contribution in [0.5, 0.6) is 0 Å². The summed E-state index contributed by atoms with van der Waals surface area (Å²) in [5, 5.41) is 1.20. The van der Waals surface area contributed by atoms with Gasteiger partial charge in [0.05, 0.1) is 11.8 Å². The summed E-state index contributed by atoms with van der Waals surface area (Å²) in [6.45, 7) is 4.58. The number of nitrogens with zero attached hydrogens (tertiary/aromatic N) is 3. The van der Waals surface area contributed by atoms with E-state index in [4.69, 9.17) is 4.98 Å². The minimum Gasteiger partial charge on any atom is -0.357 e. The van der Waals surface area contributed by atoms with E-state index in [0.717, 1.165) is 37.3 Å². The fourth-order valence-corrected chi connectivity index (χ4v) is 3.82. The highest BCUT2D eigenvalue weighted by atomic mass is 32.2. The van der Waals surface area contributed by atoms with Gasteiger partial charge in [-0.15, -0.1) is 0 Å². The van der Waals surface area contributed by atoms with Crippen molar-refractivity contribution in [3.8, 4) is 0 Å². The lowest BCUT2D eigenvalue weighted by Gasteiger charge is -2.34. The topological polar surface area (TPSA) is 53.5 Å². The summed E-state index contributed by atoms with van der Waals surface area (Å²) in [5.41, 5.74) is 2.28. The largest absolute Gasteiger partial charge is 0.357 e. The van der Waals surface area contributed by atoms with Gasteiger partial charge in [-0.1, -0.05) is 18.2 Å². The van der Waals surface area contributed by atoms with Gasteiger partial charge in [-0.05, 0) is 43.4 Å². The summed E-state index contributed by atoms with van der Waals surface area (Å²) < 4.78 is 24.6. The molecule has 5 nitrogen and oxygen atoms in total. The SMILES string of the molecule is Cc1cc(N2CCC(CN(C)S(C)(=O)=O)CC2)nc2ccccc12. The number of aryl methyl sites for hydroxylation is 1. The lowest BCUT2D eigenvalue weighted by atomic mass is 9.96. The van der Waals surface area contributed by atoms with Crippen molar-refractivity contribution in [1.29, 1.82) is 0 Å². The van der Waals surface area contributed by atoms with Crippen molar-refractivity contribution in [2.45, 2.75) is 19.8 Å². The van der Waals surface area contributed by atoms with Crippen LogP contribution in [0.2, 0.25) is 0 Å². The zero-order valence-corrected chi connectivity index (χ0v) is 15.4. The quantitative estimate of drug-likeness (QED) is 0.853. The Morgan fingerprint density at radius 1 is 1.25 bits per heavy atom. The Morgan fingerprint density at radius 3 is 2.58 bits per heavy atom. The Morgan fingerprint density at radius 2 is 1.92 bits per heavy atom. The van der Waals surface area contributed by atoms with Crippen molar-refractivity contribution in [2.24, 2.45) is 5.92 Å². The van der Waals surface area contributed by atoms with E-state index in [1.807, 2.05) is 12.1 Å². The van der Waals surface area contributed by atoms with Crippen LogP contribution < -0.4 is 4.90 Å². The van der Waals surface area contributed by atoms with Crippen molar-refractivity contribution in [1.82, 2.24) is 9.29 Å². The summed E-state index contributed by atoms with van der Waals surface area (Å²) in [4.78, 5) is 7.12. The van der Waals surface area contributed by atoms with E-state index < -0.39 is 10.0 Å². The van der Waals surface area contributed by atoms with Crippen LogP contribution in [0.4, 0.5) is 5.82 Å². The van der Waals surface area contributed by atoms with E-state index in [0.29, 0.717) is 12.5 Å². The zero-order chi connectivity index (χ0) is 17.3. The van der Waals surface area contributed by atoms with Gasteiger partial charge in [-0.2, -0.15) is 0 Å². The molecule has 24 heavy (non-hydrogen) atoms. The fraction of sp³-hybridized carbons (Fsp3) is 0.500. The van der Waals surface area contributed by atoms with Gasteiger partial charge in [0.1, 0.15) is 5.82 Å². The molecule has 0 saturated carbocycles. The van der Waals surface area contributed by atoms with Crippen LogP contribution in [-0.4, -0.2) is 50.6 Å². The number of hydrogen-bond acceptors (Lipinski definition) is 4. The maximum atomic E-state index is 11.6. The molecular weight excluding hydrogens is 322 g/mol. The molecular formula is C18H25N3O2S. The Balaban J connectivity index is 1.69. The third-order valence-corrected chi connectivity index (χ3v) is 6.21. The minimum absolute atomic E-state index is 0.419. The number of hydrogen-bond donors (Lipinski definition) is 0. The highest BCUT2D eigenvalue weighted by Gasteiger charge is 2.24. The third-order valence-electron chi connectivity index (χ3n) is 4.93. The second kappa shape index (κ2) is 6.69. The molecule has 0 atom stereocenters. The summed E-state index contributed by atoms with van der Waals surface area (Å²) in [7, 11) is -1.43. The summed E-state index contributed by atoms with van der Waals surface area (Å²) in [5.74, 6) is 1.45. The Bertz CT molecular complexity index is 827. The number of pyridine rings is 1. The third kappa shape index (κ3) is 3.70. The monoisotopic (exact) mass is 347 g/mol. The first-order valence-electron chi connectivity index (χ1n) is 8.37. The maximum Gasteiger partial charge on any atom is 0.210 e. The molecule has 0 aliphatic carbocycles. The zero-order valence-electron chi connectivity index (χ0n) is 14.6. The second-order valence-corrected chi connectivity index (χ2v) is 8.88. The molecule has 2 heterocycles. The number of piperidine rings is 1. The van der Waals surface area contributed by atoms with Crippen molar-refractivity contribution >= 4 is 26.7 Å². The highest BCUT2D eigenvalue weighted by Crippen LogP contribution is 2.26. The highest BCUT2D eigenvalue weighted by molar-refractivity contribution is 7.88. The first kappa shape index (κ1) is 17.2. The van der Waals surface area contributed by atoms with Gasteiger partial charge in [0.25, 0.3) is 0 Å². The normalized spacial score (nSPS) is 16.9. The van der Waals surface area contributed by atoms with E-state index >= 15 is 0 Å². The molecule has 1 aromatic carbocycles. The number of sulfonamides is 1. The molecule has 6 heteroatoms. The molecule has 0 spiro atoms. The van der Waals surface area contributed by atoms with Gasteiger partial charge >= 0.3 is 0 Å². The first-order chi connectivity index (χ1) is 11.3. The van der Waals surface area contributed by atoms with Crippen molar-refractivity contribution in [3.05, 3.63) is 35.9 Å². The van der Waals surface area contributed by atoms with E-state index in [9.17, 15) is 8.42 Å². The van der Waals surface area contributed by atoms with Gasteiger partial charge in [-0.25, -0.2) is 17.7 Å². The predicted octanol–water partition coefficient (Wildman–Crippen LogP) is 2.65. The molecule has 0 amide bonds. The average molecular weight is 347 g/mol. The molecule has 1 aromatic heterocycles. The van der Waals surface area contributed by atoms with Gasteiger partial charge in [0.15, 0.2) is 0 Å². The molecule has 0 unspecified atom stereocenters. The van der Waals surface area contributed by atoms with Gasteiger partial charge in [0, 0.05) is 32.1 Å². The smallest absolute Gasteiger partial charge is 0.210 e. The maximum absolute atomic E-state index is 11.6. The molecule has 3 rings (SSSR count). The lowest BCUT2D eigenvalue weighted by molar-refractivity contribution is 0.328. The van der Waals surface area contributed by atoms with Crippen LogP contribution in [0.1, 0.15) is 18.4 Å². The lowest BCUT2D eigenvalue weighted by Crippen LogP contribution is -2.39. The number of aromatic nitrogens is 1. The second-order valence-electron chi connectivity index (χ2n) is 6.79. The summed E-state index contributed by atoms with van der Waals surface area (Å²) in [6, 6.07) is 10.4. The number of para-hydroxylation sites is 1. The van der Waals surface area contributed by atoms with Gasteiger partial charge in [0.2, 0.25) is 10.0 Å². The number of fused-ring (bicyclic) bond motifs is 1. The summed E-state index contributed by atoms with van der Waals surface area (Å²) in [6.07, 6.45) is 3.25. The van der Waals surface area contributed by atoms with Crippen molar-refractivity contribution in [3.63, 3.8) is 0 Å². The van der Waals surface area contributed by atoms with E-state index in [1.165, 1.54) is 21.5 Å². The molecule has 1 aliphatic rings. The van der Waals surface area contributed by atoms with Crippen LogP contribution in [-0.2, 0) is 10.0 Å². The van der Waals surface area contributed by atoms with Gasteiger partial charge < -0.3 is 4.90 Å². The van der Waals surface area contributed by atoms with Gasteiger partial charge in [-0.3, -0.25) is 0 Å². The Kier molecular flexibility index (Phi) is 4.78. The molecule has 130 valence electrons. The Labute approximate surface area is 144 Å². The standard InChI is InChI=1S/C18H25N3O2S/c1-14-12-18(19-17-7-5-4-6-16(14)17)21-10-8-15(9-11-21)13-20(2)24(3,22)23/h4-7,12,15H,8-11,13H2,1-3H3. The minimum atomic E-state index is -3.09. The molecule has 0 radical (unpaired) electrons. The number of benzene rings is 1. The molecule has 1 aliphatic heterocycles. The van der Waals surface area contributed by atoms with E-state index in [-0.39, 0.29) is 0 Å². The number of anilines is 1. The Hall–Kier alpha value is -1.66. The summed E-state index contributed by atoms with van der Waals surface area (Å²) >= 11 is 0. The van der Waals surface area contributed by atoms with Crippen LogP contribution in [0.25, 0.3) is 10.9 Å². The molecule has 2 aromatic rings. The molecule has 0 bridgehead atoms. The number of rotatable bonds is 4. The fourth-order valence-electron chi connectivity index (χ4n) is 3.34. The van der Waals surface area contributed by atoms with Crippen molar-refractivity contribution < 1.29 is 8.42 Å². The van der Waals surface area contributed by atoms with Crippen LogP contribution in [0.15, 0.2) is 30.3 Å². The van der Waals surface area contributed by atoms with Crippen LogP contribution in [0.3, 0.4) is 0 Å². The van der Waals surface area contributed by atoms with Crippen molar-refractivity contribution in [2.75, 3.05) is 37.8 Å². The van der Waals surface area contributed by atoms with Crippen LogP contribution in [0, 0.1) is 12.8 Å². The first-order valence-corrected chi connectivity index (χ1v) is 10.2. The predicted molar refractivity (Wildman–Crippen MR) is 98.9 cm³/mol. The molecule has 1 saturated heterocycles. The molecule has 1 fully saturated rings. The van der Waals surface area contributed by atoms with Crippen LogP contribution >= 0.6 is 0 Å². The molecule has 0 N–H and O–H groups in total.